The fraction of sp³-hybridized carbons (Fsp3) is 0.286. The number of hydrogen-bond donors (Lipinski definition) is 2. The molecule has 0 saturated carbocycles. The first-order valence-electron chi connectivity index (χ1n) is 9.06. The predicted octanol–water partition coefficient (Wildman–Crippen LogP) is 3.02. The highest BCUT2D eigenvalue weighted by molar-refractivity contribution is 6.02. The van der Waals surface area contributed by atoms with Crippen LogP contribution in [0.3, 0.4) is 0 Å². The van der Waals surface area contributed by atoms with Gasteiger partial charge in [0.2, 0.25) is 17.7 Å². The van der Waals surface area contributed by atoms with Gasteiger partial charge in [-0.15, -0.1) is 0 Å². The fourth-order valence-electron chi connectivity index (χ4n) is 3.29. The summed E-state index contributed by atoms with van der Waals surface area (Å²) in [6, 6.07) is 16.3. The number of nitrogens with one attached hydrogen (secondary N) is 2. The zero-order valence-corrected chi connectivity index (χ0v) is 15.3. The molecular weight excluding hydrogens is 342 g/mol. The van der Waals surface area contributed by atoms with E-state index in [9.17, 15) is 14.4 Å². The van der Waals surface area contributed by atoms with Crippen LogP contribution >= 0.6 is 0 Å². The van der Waals surface area contributed by atoms with Gasteiger partial charge in [0.1, 0.15) is 0 Å². The number of benzene rings is 2. The van der Waals surface area contributed by atoms with E-state index < -0.39 is 6.04 Å². The van der Waals surface area contributed by atoms with Crippen molar-refractivity contribution in [2.75, 3.05) is 16.8 Å². The van der Waals surface area contributed by atoms with Crippen molar-refractivity contribution >= 4 is 29.1 Å². The minimum atomic E-state index is -0.413. The van der Waals surface area contributed by atoms with Crippen LogP contribution in [0.25, 0.3) is 0 Å². The molecule has 0 spiro atoms. The number of rotatable bonds is 6. The molecule has 0 bridgehead atoms. The third-order valence-corrected chi connectivity index (χ3v) is 4.51. The first-order chi connectivity index (χ1) is 13.0. The summed E-state index contributed by atoms with van der Waals surface area (Å²) < 4.78 is 0. The summed E-state index contributed by atoms with van der Waals surface area (Å²) in [4.78, 5) is 38.0. The van der Waals surface area contributed by atoms with E-state index in [4.69, 9.17) is 0 Å². The largest absolute Gasteiger partial charge is 0.349 e. The van der Waals surface area contributed by atoms with E-state index in [1.165, 1.54) is 6.92 Å². The van der Waals surface area contributed by atoms with E-state index >= 15 is 0 Å². The molecule has 0 radical (unpaired) electrons. The van der Waals surface area contributed by atoms with Crippen LogP contribution in [0.4, 0.5) is 11.4 Å². The Kier molecular flexibility index (Phi) is 5.86. The highest BCUT2D eigenvalue weighted by atomic mass is 16.2. The lowest BCUT2D eigenvalue weighted by atomic mass is 10.0. The molecule has 1 unspecified atom stereocenters. The molecule has 6 nitrogen and oxygen atoms in total. The molecule has 0 aliphatic carbocycles. The smallest absolute Gasteiger partial charge is 0.227 e. The van der Waals surface area contributed by atoms with Gasteiger partial charge < -0.3 is 15.5 Å². The molecule has 1 atom stereocenters. The van der Waals surface area contributed by atoms with Gasteiger partial charge in [-0.1, -0.05) is 42.5 Å². The summed E-state index contributed by atoms with van der Waals surface area (Å²) in [5.74, 6) is -0.353. The van der Waals surface area contributed by atoms with Crippen molar-refractivity contribution in [3.63, 3.8) is 0 Å². The second-order valence-electron chi connectivity index (χ2n) is 6.58. The Morgan fingerprint density at radius 2 is 1.78 bits per heavy atom. The molecule has 1 aliphatic rings. The minimum Gasteiger partial charge on any atom is -0.349 e. The summed E-state index contributed by atoms with van der Waals surface area (Å²) in [5, 5.41) is 5.72. The first kappa shape index (κ1) is 18.6. The quantitative estimate of drug-likeness (QED) is 0.826. The first-order valence-corrected chi connectivity index (χ1v) is 9.06. The SMILES string of the molecule is CC(=O)NC(CC(=O)Nc1ccccc1N1CCCC1=O)c1ccccc1. The number of para-hydroxylation sites is 2. The van der Waals surface area contributed by atoms with Gasteiger partial charge in [-0.05, 0) is 24.1 Å². The van der Waals surface area contributed by atoms with Gasteiger partial charge in [-0.2, -0.15) is 0 Å². The molecule has 2 aromatic rings. The molecule has 1 saturated heterocycles. The molecule has 27 heavy (non-hydrogen) atoms. The molecule has 2 aromatic carbocycles. The van der Waals surface area contributed by atoms with Gasteiger partial charge in [0, 0.05) is 19.9 Å². The molecule has 1 fully saturated rings. The number of anilines is 2. The van der Waals surface area contributed by atoms with Crippen molar-refractivity contribution in [3.8, 4) is 0 Å². The lowest BCUT2D eigenvalue weighted by Crippen LogP contribution is -2.30. The Morgan fingerprint density at radius 1 is 1.07 bits per heavy atom. The van der Waals surface area contributed by atoms with E-state index in [-0.39, 0.29) is 24.1 Å². The summed E-state index contributed by atoms with van der Waals surface area (Å²) in [5.41, 5.74) is 2.18. The van der Waals surface area contributed by atoms with Gasteiger partial charge in [-0.25, -0.2) is 0 Å². The molecule has 6 heteroatoms. The topological polar surface area (TPSA) is 78.5 Å². The second-order valence-corrected chi connectivity index (χ2v) is 6.58. The summed E-state index contributed by atoms with van der Waals surface area (Å²) in [7, 11) is 0. The molecule has 1 heterocycles. The Bertz CT molecular complexity index is 836. The molecule has 3 rings (SSSR count). The normalized spacial score (nSPS) is 14.7. The van der Waals surface area contributed by atoms with E-state index in [1.807, 2.05) is 48.5 Å². The lowest BCUT2D eigenvalue weighted by Gasteiger charge is -2.21. The van der Waals surface area contributed by atoms with Crippen LogP contribution in [0.2, 0.25) is 0 Å². The van der Waals surface area contributed by atoms with Gasteiger partial charge >= 0.3 is 0 Å². The van der Waals surface area contributed by atoms with E-state index in [0.29, 0.717) is 24.3 Å². The van der Waals surface area contributed by atoms with Gasteiger partial charge in [0.25, 0.3) is 0 Å². The Labute approximate surface area is 158 Å². The molecule has 0 aromatic heterocycles. The van der Waals surface area contributed by atoms with Crippen LogP contribution in [0.1, 0.15) is 37.8 Å². The molecule has 140 valence electrons. The van der Waals surface area contributed by atoms with Crippen LogP contribution in [0, 0.1) is 0 Å². The zero-order chi connectivity index (χ0) is 19.2. The Morgan fingerprint density at radius 3 is 2.44 bits per heavy atom. The van der Waals surface area contributed by atoms with Gasteiger partial charge in [0.05, 0.1) is 23.8 Å². The highest BCUT2D eigenvalue weighted by Crippen LogP contribution is 2.30. The van der Waals surface area contributed by atoms with Gasteiger partial charge in [-0.3, -0.25) is 14.4 Å². The van der Waals surface area contributed by atoms with Crippen molar-refractivity contribution in [2.45, 2.75) is 32.2 Å². The minimum absolute atomic E-state index is 0.0668. The third-order valence-electron chi connectivity index (χ3n) is 4.51. The van der Waals surface area contributed by atoms with Crippen molar-refractivity contribution in [3.05, 3.63) is 60.2 Å². The lowest BCUT2D eigenvalue weighted by molar-refractivity contribution is -0.121. The average molecular weight is 365 g/mol. The number of carbonyl (C=O) groups is 3. The maximum absolute atomic E-state index is 12.7. The van der Waals surface area contributed by atoms with Crippen LogP contribution in [-0.2, 0) is 14.4 Å². The van der Waals surface area contributed by atoms with E-state index in [0.717, 1.165) is 12.0 Å². The maximum atomic E-state index is 12.7. The number of nitrogens with zero attached hydrogens (tertiary/aromatic N) is 1. The van der Waals surface area contributed by atoms with E-state index in [2.05, 4.69) is 10.6 Å². The Hall–Kier alpha value is -3.15. The van der Waals surface area contributed by atoms with Crippen LogP contribution in [0.15, 0.2) is 54.6 Å². The van der Waals surface area contributed by atoms with Gasteiger partial charge in [0.15, 0.2) is 0 Å². The van der Waals surface area contributed by atoms with Crippen LogP contribution in [-0.4, -0.2) is 24.3 Å². The monoisotopic (exact) mass is 365 g/mol. The van der Waals surface area contributed by atoms with E-state index in [1.54, 1.807) is 11.0 Å². The van der Waals surface area contributed by atoms with Crippen LogP contribution < -0.4 is 15.5 Å². The van der Waals surface area contributed by atoms with Crippen molar-refractivity contribution in [1.82, 2.24) is 5.32 Å². The van der Waals surface area contributed by atoms with Crippen molar-refractivity contribution in [1.29, 1.82) is 0 Å². The average Bonchev–Trinajstić information content (AvgIpc) is 3.08. The Balaban J connectivity index is 1.75. The number of hydrogen-bond acceptors (Lipinski definition) is 3. The molecular formula is C21H23N3O3. The van der Waals surface area contributed by atoms with Crippen molar-refractivity contribution < 1.29 is 14.4 Å². The second kappa shape index (κ2) is 8.49. The van der Waals surface area contributed by atoms with Crippen molar-refractivity contribution in [2.24, 2.45) is 0 Å². The molecule has 3 amide bonds. The summed E-state index contributed by atoms with van der Waals surface area (Å²) in [6.07, 6.45) is 1.45. The summed E-state index contributed by atoms with van der Waals surface area (Å²) in [6.45, 7) is 2.09. The number of amides is 3. The molecule has 1 aliphatic heterocycles. The third kappa shape index (κ3) is 4.73. The van der Waals surface area contributed by atoms with Crippen LogP contribution in [0.5, 0.6) is 0 Å². The molecule has 2 N–H and O–H groups in total. The zero-order valence-electron chi connectivity index (χ0n) is 15.3. The predicted molar refractivity (Wildman–Crippen MR) is 104 cm³/mol. The number of carbonyl (C=O) groups excluding carboxylic acids is 3. The standard InChI is InChI=1S/C21H23N3O3/c1-15(25)22-18(16-8-3-2-4-9-16)14-20(26)23-17-10-5-6-11-19(17)24-13-7-12-21(24)27/h2-6,8-11,18H,7,12-14H2,1H3,(H,22,25)(H,23,26). The highest BCUT2D eigenvalue weighted by Gasteiger charge is 2.24. The maximum Gasteiger partial charge on any atom is 0.227 e. The summed E-state index contributed by atoms with van der Waals surface area (Å²) >= 11 is 0. The fourth-order valence-corrected chi connectivity index (χ4v) is 3.29.